The van der Waals surface area contributed by atoms with Crippen molar-refractivity contribution in [3.05, 3.63) is 124 Å². The summed E-state index contributed by atoms with van der Waals surface area (Å²) in [6.45, 7) is 7.16. The van der Waals surface area contributed by atoms with Gasteiger partial charge in [-0.15, -0.1) is 0 Å². The van der Waals surface area contributed by atoms with Gasteiger partial charge in [0.2, 0.25) is 5.91 Å². The van der Waals surface area contributed by atoms with E-state index in [0.29, 0.717) is 29.1 Å². The topological polar surface area (TPSA) is 79.9 Å². The van der Waals surface area contributed by atoms with E-state index in [1.165, 1.54) is 18.2 Å². The Bertz CT molecular complexity index is 1460. The van der Waals surface area contributed by atoms with E-state index >= 15 is 0 Å². The highest BCUT2D eigenvalue weighted by molar-refractivity contribution is 6.02. The first-order valence-electron chi connectivity index (χ1n) is 15.4. The lowest BCUT2D eigenvalue weighted by atomic mass is 9.68. The SMILES string of the molecule is COC(=O)C1=C(C)NC(C)=C(C(=O)NCCCN2CCC(c3ccccc3)(c3ccccc3)CC2)C1c1ccc(OC)cc1. The zero-order valence-corrected chi connectivity index (χ0v) is 26.2. The lowest BCUT2D eigenvalue weighted by Crippen LogP contribution is -2.44. The minimum atomic E-state index is -0.555. The fourth-order valence-corrected chi connectivity index (χ4v) is 6.82. The van der Waals surface area contributed by atoms with Crippen molar-refractivity contribution in [3.63, 3.8) is 0 Å². The number of carbonyl (C=O) groups excluding carboxylic acids is 2. The van der Waals surface area contributed by atoms with E-state index in [1.807, 2.05) is 38.1 Å². The van der Waals surface area contributed by atoms with E-state index in [-0.39, 0.29) is 11.3 Å². The van der Waals surface area contributed by atoms with Gasteiger partial charge in [0.15, 0.2) is 0 Å². The molecular weight excluding hydrogens is 550 g/mol. The van der Waals surface area contributed by atoms with Crippen molar-refractivity contribution in [3.8, 4) is 5.75 Å². The number of piperidine rings is 1. The van der Waals surface area contributed by atoms with Crippen molar-refractivity contribution in [1.29, 1.82) is 0 Å². The molecule has 7 nitrogen and oxygen atoms in total. The molecule has 3 aromatic rings. The summed E-state index contributed by atoms with van der Waals surface area (Å²) >= 11 is 0. The van der Waals surface area contributed by atoms with Crippen LogP contribution in [-0.4, -0.2) is 57.2 Å². The molecule has 2 N–H and O–H groups in total. The fraction of sp³-hybridized carbons (Fsp3) is 0.351. The summed E-state index contributed by atoms with van der Waals surface area (Å²) in [4.78, 5) is 29.1. The van der Waals surface area contributed by atoms with Gasteiger partial charge in [-0.2, -0.15) is 0 Å². The molecule has 2 heterocycles. The third kappa shape index (κ3) is 6.43. The van der Waals surface area contributed by atoms with Crippen molar-refractivity contribution in [2.75, 3.05) is 40.4 Å². The fourth-order valence-electron chi connectivity index (χ4n) is 6.82. The summed E-state index contributed by atoms with van der Waals surface area (Å²) in [6, 6.07) is 29.2. The summed E-state index contributed by atoms with van der Waals surface area (Å²) < 4.78 is 10.5. The number of likely N-dealkylation sites (tertiary alicyclic amines) is 1. The van der Waals surface area contributed by atoms with Crippen LogP contribution in [0.4, 0.5) is 0 Å². The van der Waals surface area contributed by atoms with Crippen LogP contribution < -0.4 is 15.4 Å². The summed E-state index contributed by atoms with van der Waals surface area (Å²) in [5.74, 6) is -0.491. The predicted molar refractivity (Wildman–Crippen MR) is 173 cm³/mol. The number of amides is 1. The number of methoxy groups -OCH3 is 2. The zero-order chi connectivity index (χ0) is 31.1. The first-order valence-corrected chi connectivity index (χ1v) is 15.4. The predicted octanol–water partition coefficient (Wildman–Crippen LogP) is 5.69. The molecule has 0 aromatic heterocycles. The maximum Gasteiger partial charge on any atom is 0.336 e. The van der Waals surface area contributed by atoms with Crippen LogP contribution in [0.25, 0.3) is 0 Å². The molecule has 0 radical (unpaired) electrons. The Morgan fingerprint density at radius 2 is 1.41 bits per heavy atom. The average molecular weight is 594 g/mol. The number of allylic oxidation sites excluding steroid dienone is 2. The number of benzene rings is 3. The van der Waals surface area contributed by atoms with Crippen LogP contribution in [0.1, 0.15) is 55.7 Å². The number of ether oxygens (including phenoxy) is 2. The van der Waals surface area contributed by atoms with Gasteiger partial charge in [0.25, 0.3) is 0 Å². The molecule has 1 fully saturated rings. The molecular formula is C37H43N3O4. The van der Waals surface area contributed by atoms with E-state index in [4.69, 9.17) is 9.47 Å². The number of nitrogens with zero attached hydrogens (tertiary/aromatic N) is 1. The van der Waals surface area contributed by atoms with Gasteiger partial charge in [0, 0.05) is 28.9 Å². The first kappa shape index (κ1) is 31.1. The smallest absolute Gasteiger partial charge is 0.336 e. The van der Waals surface area contributed by atoms with Crippen molar-refractivity contribution < 1.29 is 19.1 Å². The lowest BCUT2D eigenvalue weighted by Gasteiger charge is -2.43. The van der Waals surface area contributed by atoms with Crippen molar-refractivity contribution in [2.24, 2.45) is 0 Å². The third-order valence-corrected chi connectivity index (χ3v) is 9.16. The maximum atomic E-state index is 13.7. The minimum Gasteiger partial charge on any atom is -0.497 e. The second-order valence-electron chi connectivity index (χ2n) is 11.7. The molecule has 230 valence electrons. The molecule has 1 amide bonds. The number of hydrogen-bond acceptors (Lipinski definition) is 6. The second kappa shape index (κ2) is 14.0. The van der Waals surface area contributed by atoms with Gasteiger partial charge in [-0.1, -0.05) is 72.8 Å². The zero-order valence-electron chi connectivity index (χ0n) is 26.2. The number of dihydropyridines is 1. The van der Waals surface area contributed by atoms with E-state index in [2.05, 4.69) is 76.2 Å². The molecule has 2 aliphatic heterocycles. The van der Waals surface area contributed by atoms with Crippen LogP contribution in [-0.2, 0) is 19.7 Å². The van der Waals surface area contributed by atoms with Gasteiger partial charge in [-0.3, -0.25) is 4.79 Å². The highest BCUT2D eigenvalue weighted by atomic mass is 16.5. The average Bonchev–Trinajstić information content (AvgIpc) is 3.07. The second-order valence-corrected chi connectivity index (χ2v) is 11.7. The van der Waals surface area contributed by atoms with Gasteiger partial charge in [-0.25, -0.2) is 4.79 Å². The summed E-state index contributed by atoms with van der Waals surface area (Å²) in [5, 5.41) is 6.38. The molecule has 3 aromatic carbocycles. The number of nitrogens with one attached hydrogen (secondary N) is 2. The summed E-state index contributed by atoms with van der Waals surface area (Å²) in [7, 11) is 2.97. The minimum absolute atomic E-state index is 0.0185. The monoisotopic (exact) mass is 593 g/mol. The first-order chi connectivity index (χ1) is 21.4. The molecule has 0 spiro atoms. The Kier molecular flexibility index (Phi) is 9.85. The Morgan fingerprint density at radius 3 is 1.95 bits per heavy atom. The molecule has 2 aliphatic rings. The molecule has 1 atom stereocenters. The van der Waals surface area contributed by atoms with Gasteiger partial charge in [-0.05, 0) is 81.6 Å². The Balaban J connectivity index is 1.23. The molecule has 44 heavy (non-hydrogen) atoms. The number of esters is 1. The van der Waals surface area contributed by atoms with Crippen molar-refractivity contribution in [1.82, 2.24) is 15.5 Å². The van der Waals surface area contributed by atoms with Crippen molar-refractivity contribution in [2.45, 2.75) is 44.4 Å². The lowest BCUT2D eigenvalue weighted by molar-refractivity contribution is -0.136. The number of carbonyl (C=O) groups is 2. The number of hydrogen-bond donors (Lipinski definition) is 2. The normalized spacial score (nSPS) is 18.4. The van der Waals surface area contributed by atoms with Crippen LogP contribution in [0.3, 0.4) is 0 Å². The van der Waals surface area contributed by atoms with E-state index in [9.17, 15) is 9.59 Å². The van der Waals surface area contributed by atoms with Gasteiger partial charge in [0.1, 0.15) is 5.75 Å². The molecule has 1 unspecified atom stereocenters. The van der Waals surface area contributed by atoms with E-state index < -0.39 is 11.9 Å². The highest BCUT2D eigenvalue weighted by Gasteiger charge is 2.38. The Labute approximate surface area is 260 Å². The standard InChI is InChI=1S/C37H43N3O4/c1-26-32(34(28-16-18-31(43-3)19-17-28)33(27(2)39-26)36(42)44-4)35(41)38-22-11-23-40-24-20-37(21-25-40,29-12-7-5-8-13-29)30-14-9-6-10-15-30/h5-10,12-19,34,39H,11,20-25H2,1-4H3,(H,38,41). The van der Waals surface area contributed by atoms with Crippen LogP contribution in [0.5, 0.6) is 5.75 Å². The van der Waals surface area contributed by atoms with Gasteiger partial charge >= 0.3 is 5.97 Å². The third-order valence-electron chi connectivity index (χ3n) is 9.16. The maximum absolute atomic E-state index is 13.7. The Hall–Kier alpha value is -4.36. The molecule has 0 bridgehead atoms. The molecule has 1 saturated heterocycles. The van der Waals surface area contributed by atoms with Crippen LogP contribution in [0.15, 0.2) is 107 Å². The van der Waals surface area contributed by atoms with Crippen LogP contribution >= 0.6 is 0 Å². The molecule has 0 saturated carbocycles. The van der Waals surface area contributed by atoms with Gasteiger partial charge in [0.05, 0.1) is 25.7 Å². The van der Waals surface area contributed by atoms with E-state index in [1.54, 1.807) is 7.11 Å². The highest BCUT2D eigenvalue weighted by Crippen LogP contribution is 2.42. The van der Waals surface area contributed by atoms with Gasteiger partial charge < -0.3 is 25.0 Å². The molecule has 0 aliphatic carbocycles. The quantitative estimate of drug-likeness (QED) is 0.232. The molecule has 5 rings (SSSR count). The van der Waals surface area contributed by atoms with Crippen molar-refractivity contribution >= 4 is 11.9 Å². The molecule has 7 heteroatoms. The van der Waals surface area contributed by atoms with Crippen LogP contribution in [0.2, 0.25) is 0 Å². The Morgan fingerprint density at radius 1 is 0.841 bits per heavy atom. The summed E-state index contributed by atoms with van der Waals surface area (Å²) in [5.41, 5.74) is 5.96. The van der Waals surface area contributed by atoms with E-state index in [0.717, 1.165) is 50.2 Å². The number of rotatable bonds is 10. The summed E-state index contributed by atoms with van der Waals surface area (Å²) in [6.07, 6.45) is 2.94. The van der Waals surface area contributed by atoms with Crippen LogP contribution in [0, 0.1) is 0 Å². The largest absolute Gasteiger partial charge is 0.497 e.